The standard InChI is InChI=1S/C25H31N3O4S/c1-17-10-12-27(13-11-17)33(31,32)22-8-6-21(7-9-22)28-16-20(15-24(28)29)25(30)26-23-14-18(2)4-5-19(23)3/h4-9,14,17,20H,10-13,15-16H2,1-3H3,(H,26,30). The van der Waals surface area contributed by atoms with E-state index in [1.807, 2.05) is 32.0 Å². The minimum atomic E-state index is -3.54. The van der Waals surface area contributed by atoms with Gasteiger partial charge in [0.25, 0.3) is 0 Å². The summed E-state index contributed by atoms with van der Waals surface area (Å²) < 4.78 is 27.4. The highest BCUT2D eigenvalue weighted by Gasteiger charge is 2.36. The van der Waals surface area contributed by atoms with E-state index in [1.54, 1.807) is 29.2 Å². The molecule has 8 heteroatoms. The van der Waals surface area contributed by atoms with E-state index in [0.29, 0.717) is 24.7 Å². The lowest BCUT2D eigenvalue weighted by Crippen LogP contribution is -2.37. The maximum Gasteiger partial charge on any atom is 0.243 e. The fourth-order valence-corrected chi connectivity index (χ4v) is 5.88. The van der Waals surface area contributed by atoms with Crippen LogP contribution in [0, 0.1) is 25.7 Å². The maximum atomic E-state index is 12.9. The molecule has 0 bridgehead atoms. The molecule has 7 nitrogen and oxygen atoms in total. The zero-order valence-electron chi connectivity index (χ0n) is 19.4. The van der Waals surface area contributed by atoms with Crippen LogP contribution in [0.25, 0.3) is 0 Å². The number of benzene rings is 2. The largest absolute Gasteiger partial charge is 0.326 e. The SMILES string of the molecule is Cc1ccc(C)c(NC(=O)C2CC(=O)N(c3ccc(S(=O)(=O)N4CCC(C)CC4)cc3)C2)c1. The maximum absolute atomic E-state index is 12.9. The molecule has 33 heavy (non-hydrogen) atoms. The molecular formula is C25H31N3O4S. The van der Waals surface area contributed by atoms with E-state index in [0.717, 1.165) is 29.7 Å². The molecule has 0 aliphatic carbocycles. The van der Waals surface area contributed by atoms with Crippen molar-refractivity contribution in [2.75, 3.05) is 29.9 Å². The Morgan fingerprint density at radius 2 is 1.70 bits per heavy atom. The highest BCUT2D eigenvalue weighted by atomic mass is 32.2. The van der Waals surface area contributed by atoms with E-state index in [1.165, 1.54) is 4.31 Å². The molecule has 2 fully saturated rings. The summed E-state index contributed by atoms with van der Waals surface area (Å²) >= 11 is 0. The molecule has 0 spiro atoms. The fourth-order valence-electron chi connectivity index (χ4n) is 4.41. The van der Waals surface area contributed by atoms with Gasteiger partial charge in [0.2, 0.25) is 21.8 Å². The van der Waals surface area contributed by atoms with Gasteiger partial charge in [-0.25, -0.2) is 8.42 Å². The van der Waals surface area contributed by atoms with Crippen molar-refractivity contribution in [3.05, 3.63) is 53.6 Å². The third kappa shape index (κ3) is 4.96. The summed E-state index contributed by atoms with van der Waals surface area (Å²) in [6, 6.07) is 12.3. The number of piperidine rings is 1. The van der Waals surface area contributed by atoms with Crippen molar-refractivity contribution in [1.82, 2.24) is 4.31 Å². The number of rotatable bonds is 5. The van der Waals surface area contributed by atoms with E-state index < -0.39 is 15.9 Å². The first kappa shape index (κ1) is 23.4. The summed E-state index contributed by atoms with van der Waals surface area (Å²) in [6.07, 6.45) is 1.86. The van der Waals surface area contributed by atoms with Crippen molar-refractivity contribution in [3.63, 3.8) is 0 Å². The lowest BCUT2D eigenvalue weighted by molar-refractivity contribution is -0.122. The molecule has 0 radical (unpaired) electrons. The molecular weight excluding hydrogens is 438 g/mol. The number of anilines is 2. The van der Waals surface area contributed by atoms with Crippen LogP contribution in [0.1, 0.15) is 37.3 Å². The molecule has 2 aromatic carbocycles. The molecule has 2 aromatic rings. The first-order chi connectivity index (χ1) is 15.6. The van der Waals surface area contributed by atoms with Crippen molar-refractivity contribution < 1.29 is 18.0 Å². The van der Waals surface area contributed by atoms with Gasteiger partial charge in [-0.15, -0.1) is 0 Å². The predicted molar refractivity (Wildman–Crippen MR) is 129 cm³/mol. The van der Waals surface area contributed by atoms with Crippen LogP contribution in [0.2, 0.25) is 0 Å². The summed E-state index contributed by atoms with van der Waals surface area (Å²) in [6.45, 7) is 7.37. The number of nitrogens with one attached hydrogen (secondary N) is 1. The van der Waals surface area contributed by atoms with Crippen LogP contribution in [-0.2, 0) is 19.6 Å². The molecule has 0 saturated carbocycles. The Morgan fingerprint density at radius 1 is 1.03 bits per heavy atom. The number of hydrogen-bond acceptors (Lipinski definition) is 4. The fraction of sp³-hybridized carbons (Fsp3) is 0.440. The molecule has 2 amide bonds. The molecule has 2 heterocycles. The van der Waals surface area contributed by atoms with Crippen molar-refractivity contribution in [1.29, 1.82) is 0 Å². The van der Waals surface area contributed by atoms with Gasteiger partial charge >= 0.3 is 0 Å². The monoisotopic (exact) mass is 469 g/mol. The van der Waals surface area contributed by atoms with Gasteiger partial charge in [0, 0.05) is 37.4 Å². The summed E-state index contributed by atoms with van der Waals surface area (Å²) in [5.74, 6) is -0.244. The Labute approximate surface area is 195 Å². The topological polar surface area (TPSA) is 86.8 Å². The normalized spacial score (nSPS) is 20.3. The predicted octanol–water partition coefficient (Wildman–Crippen LogP) is 3.72. The van der Waals surface area contributed by atoms with Gasteiger partial charge in [0.1, 0.15) is 0 Å². The van der Waals surface area contributed by atoms with Gasteiger partial charge in [0.15, 0.2) is 0 Å². The first-order valence-electron chi connectivity index (χ1n) is 11.4. The first-order valence-corrected chi connectivity index (χ1v) is 12.9. The number of amides is 2. The molecule has 2 aliphatic heterocycles. The quantitative estimate of drug-likeness (QED) is 0.723. The van der Waals surface area contributed by atoms with E-state index >= 15 is 0 Å². The molecule has 1 N–H and O–H groups in total. The average Bonchev–Trinajstić information content (AvgIpc) is 3.18. The third-order valence-electron chi connectivity index (χ3n) is 6.68. The second-order valence-electron chi connectivity index (χ2n) is 9.29. The molecule has 0 aromatic heterocycles. The van der Waals surface area contributed by atoms with E-state index in [4.69, 9.17) is 0 Å². The van der Waals surface area contributed by atoms with Gasteiger partial charge in [0.05, 0.1) is 10.8 Å². The molecule has 1 unspecified atom stereocenters. The van der Waals surface area contributed by atoms with Crippen LogP contribution in [0.3, 0.4) is 0 Å². The van der Waals surface area contributed by atoms with E-state index in [9.17, 15) is 18.0 Å². The van der Waals surface area contributed by atoms with Gasteiger partial charge < -0.3 is 10.2 Å². The van der Waals surface area contributed by atoms with E-state index in [-0.39, 0.29) is 29.7 Å². The van der Waals surface area contributed by atoms with Crippen molar-refractivity contribution in [2.24, 2.45) is 11.8 Å². The van der Waals surface area contributed by atoms with Crippen LogP contribution >= 0.6 is 0 Å². The Morgan fingerprint density at radius 3 is 2.36 bits per heavy atom. The molecule has 2 aliphatic rings. The Balaban J connectivity index is 1.44. The lowest BCUT2D eigenvalue weighted by Gasteiger charge is -2.29. The Bertz CT molecular complexity index is 1150. The zero-order chi connectivity index (χ0) is 23.8. The summed E-state index contributed by atoms with van der Waals surface area (Å²) in [4.78, 5) is 27.2. The third-order valence-corrected chi connectivity index (χ3v) is 8.59. The number of carbonyl (C=O) groups is 2. The lowest BCUT2D eigenvalue weighted by atomic mass is 10.0. The zero-order valence-corrected chi connectivity index (χ0v) is 20.2. The van der Waals surface area contributed by atoms with Gasteiger partial charge in [-0.2, -0.15) is 4.31 Å². The number of hydrogen-bond donors (Lipinski definition) is 1. The van der Waals surface area contributed by atoms with Crippen LogP contribution < -0.4 is 10.2 Å². The highest BCUT2D eigenvalue weighted by Crippen LogP contribution is 2.29. The minimum Gasteiger partial charge on any atom is -0.326 e. The van der Waals surface area contributed by atoms with Crippen molar-refractivity contribution >= 4 is 33.2 Å². The van der Waals surface area contributed by atoms with Gasteiger partial charge in [-0.1, -0.05) is 19.1 Å². The van der Waals surface area contributed by atoms with Crippen molar-refractivity contribution in [3.8, 4) is 0 Å². The van der Waals surface area contributed by atoms with Crippen LogP contribution in [0.4, 0.5) is 11.4 Å². The van der Waals surface area contributed by atoms with Crippen molar-refractivity contribution in [2.45, 2.75) is 44.9 Å². The smallest absolute Gasteiger partial charge is 0.243 e. The van der Waals surface area contributed by atoms with Gasteiger partial charge in [-0.05, 0) is 74.1 Å². The van der Waals surface area contributed by atoms with Gasteiger partial charge in [-0.3, -0.25) is 9.59 Å². The number of carbonyl (C=O) groups excluding carboxylic acids is 2. The molecule has 176 valence electrons. The van der Waals surface area contributed by atoms with E-state index in [2.05, 4.69) is 12.2 Å². The summed E-state index contributed by atoms with van der Waals surface area (Å²) in [5.41, 5.74) is 3.38. The summed E-state index contributed by atoms with van der Waals surface area (Å²) in [7, 11) is -3.54. The van der Waals surface area contributed by atoms with Crippen LogP contribution in [0.5, 0.6) is 0 Å². The number of nitrogens with zero attached hydrogens (tertiary/aromatic N) is 2. The Kier molecular flexibility index (Phi) is 6.59. The summed E-state index contributed by atoms with van der Waals surface area (Å²) in [5, 5.41) is 2.95. The average molecular weight is 470 g/mol. The second-order valence-corrected chi connectivity index (χ2v) is 11.2. The number of sulfonamides is 1. The number of aryl methyl sites for hydroxylation is 2. The second kappa shape index (κ2) is 9.27. The Hall–Kier alpha value is -2.71. The molecule has 2 saturated heterocycles. The minimum absolute atomic E-state index is 0.128. The molecule has 1 atom stereocenters. The van der Waals surface area contributed by atoms with Crippen LogP contribution in [-0.4, -0.2) is 44.2 Å². The van der Waals surface area contributed by atoms with Crippen LogP contribution in [0.15, 0.2) is 47.4 Å². The molecule has 4 rings (SSSR count). The highest BCUT2D eigenvalue weighted by molar-refractivity contribution is 7.89.